The summed E-state index contributed by atoms with van der Waals surface area (Å²) < 4.78 is 50.1. The number of halogens is 3. The van der Waals surface area contributed by atoms with Crippen molar-refractivity contribution in [1.82, 2.24) is 0 Å². The molecule has 0 fully saturated rings. The molecule has 0 saturated heterocycles. The van der Waals surface area contributed by atoms with Crippen LogP contribution in [0.5, 0.6) is 0 Å². The highest BCUT2D eigenvalue weighted by Crippen LogP contribution is 2.22. The molecule has 2 nitrogen and oxygen atoms in total. The molecule has 2 aromatic rings. The van der Waals surface area contributed by atoms with E-state index in [2.05, 4.69) is 0 Å². The summed E-state index contributed by atoms with van der Waals surface area (Å²) in [7, 11) is -3.69. The molecule has 0 radical (unpaired) electrons. The van der Waals surface area contributed by atoms with Crippen LogP contribution in [0, 0.1) is 11.6 Å². The molecule has 2 aromatic carbocycles. The third-order valence-electron chi connectivity index (χ3n) is 2.50. The predicted octanol–water partition coefficient (Wildman–Crippen LogP) is 3.59. The third kappa shape index (κ3) is 3.30. The van der Waals surface area contributed by atoms with Crippen molar-refractivity contribution in [3.8, 4) is 0 Å². The fraction of sp³-hybridized carbons (Fsp3) is 0.0769. The van der Waals surface area contributed by atoms with E-state index in [9.17, 15) is 17.2 Å². The quantitative estimate of drug-likeness (QED) is 0.812. The second-order valence-corrected chi connectivity index (χ2v) is 6.36. The molecule has 19 heavy (non-hydrogen) atoms. The van der Waals surface area contributed by atoms with E-state index in [0.717, 1.165) is 24.3 Å². The van der Waals surface area contributed by atoms with E-state index in [0.29, 0.717) is 5.56 Å². The molecule has 0 spiro atoms. The lowest BCUT2D eigenvalue weighted by molar-refractivity contribution is 0.593. The summed E-state index contributed by atoms with van der Waals surface area (Å²) in [6.45, 7) is 0. The zero-order valence-corrected chi connectivity index (χ0v) is 11.2. The molecule has 100 valence electrons. The topological polar surface area (TPSA) is 34.1 Å². The number of sulfone groups is 1. The summed E-state index contributed by atoms with van der Waals surface area (Å²) in [4.78, 5) is -0.0943. The van der Waals surface area contributed by atoms with Gasteiger partial charge in [0.25, 0.3) is 0 Å². The smallest absolute Gasteiger partial charge is 0.182 e. The van der Waals surface area contributed by atoms with Crippen LogP contribution in [0.25, 0.3) is 0 Å². The highest BCUT2D eigenvalue weighted by atomic mass is 35.5. The highest BCUT2D eigenvalue weighted by molar-refractivity contribution is 7.90. The molecule has 0 N–H and O–H groups in total. The van der Waals surface area contributed by atoms with Crippen LogP contribution in [0.3, 0.4) is 0 Å². The van der Waals surface area contributed by atoms with E-state index < -0.39 is 21.5 Å². The maximum atomic E-state index is 13.0. The third-order valence-corrected chi connectivity index (χ3v) is 4.47. The van der Waals surface area contributed by atoms with Gasteiger partial charge in [0.15, 0.2) is 9.84 Å². The molecule has 0 amide bonds. The van der Waals surface area contributed by atoms with Crippen molar-refractivity contribution >= 4 is 21.4 Å². The number of hydrogen-bond acceptors (Lipinski definition) is 2. The second-order valence-electron chi connectivity index (χ2n) is 3.96. The Bertz CT molecular complexity index is 714. The average Bonchev–Trinajstić information content (AvgIpc) is 2.32. The van der Waals surface area contributed by atoms with Crippen molar-refractivity contribution in [2.24, 2.45) is 0 Å². The molecule has 0 aromatic heterocycles. The Morgan fingerprint density at radius 3 is 2.42 bits per heavy atom. The van der Waals surface area contributed by atoms with Gasteiger partial charge in [-0.1, -0.05) is 23.7 Å². The number of benzene rings is 2. The first-order chi connectivity index (χ1) is 8.88. The van der Waals surface area contributed by atoms with Gasteiger partial charge in [-0.15, -0.1) is 0 Å². The van der Waals surface area contributed by atoms with Crippen molar-refractivity contribution in [2.75, 3.05) is 0 Å². The maximum Gasteiger partial charge on any atom is 0.182 e. The minimum atomic E-state index is -3.69. The van der Waals surface area contributed by atoms with E-state index in [1.54, 1.807) is 0 Å². The molecule has 0 saturated carbocycles. The van der Waals surface area contributed by atoms with Gasteiger partial charge in [-0.05, 0) is 35.9 Å². The van der Waals surface area contributed by atoms with E-state index in [-0.39, 0.29) is 15.7 Å². The fourth-order valence-electron chi connectivity index (χ4n) is 1.60. The molecule has 0 heterocycles. The lowest BCUT2D eigenvalue weighted by Crippen LogP contribution is -2.05. The SMILES string of the molecule is O=S(=O)(Cc1cccc(F)c1)c1ccc(F)c(Cl)c1. The first-order valence-electron chi connectivity index (χ1n) is 5.31. The summed E-state index contributed by atoms with van der Waals surface area (Å²) in [5.74, 6) is -1.57. The second kappa shape index (κ2) is 5.27. The van der Waals surface area contributed by atoms with Crippen molar-refractivity contribution in [2.45, 2.75) is 10.6 Å². The Labute approximate surface area is 114 Å². The van der Waals surface area contributed by atoms with Crippen LogP contribution in [0.4, 0.5) is 8.78 Å². The van der Waals surface area contributed by atoms with Crippen molar-refractivity contribution < 1.29 is 17.2 Å². The normalized spacial score (nSPS) is 11.5. The monoisotopic (exact) mass is 302 g/mol. The Kier molecular flexibility index (Phi) is 3.87. The summed E-state index contributed by atoms with van der Waals surface area (Å²) in [6, 6.07) is 8.47. The standard InChI is InChI=1S/C13H9ClF2O2S/c14-12-7-11(4-5-13(12)16)19(17,18)8-9-2-1-3-10(15)6-9/h1-7H,8H2. The molecule has 0 aliphatic carbocycles. The molecule has 0 atom stereocenters. The number of hydrogen-bond donors (Lipinski definition) is 0. The van der Waals surface area contributed by atoms with Gasteiger partial charge in [-0.25, -0.2) is 17.2 Å². The Balaban J connectivity index is 2.35. The van der Waals surface area contributed by atoms with Crippen LogP contribution < -0.4 is 0 Å². The van der Waals surface area contributed by atoms with Gasteiger partial charge < -0.3 is 0 Å². The van der Waals surface area contributed by atoms with Crippen LogP contribution >= 0.6 is 11.6 Å². The summed E-state index contributed by atoms with van der Waals surface area (Å²) in [5, 5.41) is -0.264. The van der Waals surface area contributed by atoms with Crippen molar-refractivity contribution in [3.63, 3.8) is 0 Å². The summed E-state index contributed by atoms with van der Waals surface area (Å²) in [5.41, 5.74) is 0.320. The average molecular weight is 303 g/mol. The molecule has 0 aliphatic rings. The van der Waals surface area contributed by atoms with Gasteiger partial charge in [0.2, 0.25) is 0 Å². The van der Waals surface area contributed by atoms with E-state index >= 15 is 0 Å². The Morgan fingerprint density at radius 2 is 1.79 bits per heavy atom. The van der Waals surface area contributed by atoms with Gasteiger partial charge in [0.1, 0.15) is 11.6 Å². The van der Waals surface area contributed by atoms with Crippen LogP contribution in [0.15, 0.2) is 47.4 Å². The van der Waals surface area contributed by atoms with Crippen molar-refractivity contribution in [3.05, 3.63) is 64.7 Å². The van der Waals surface area contributed by atoms with Gasteiger partial charge in [-0.2, -0.15) is 0 Å². The lowest BCUT2D eigenvalue weighted by Gasteiger charge is -2.05. The highest BCUT2D eigenvalue weighted by Gasteiger charge is 2.17. The summed E-state index contributed by atoms with van der Waals surface area (Å²) in [6.07, 6.45) is 0. The van der Waals surface area contributed by atoms with E-state index in [4.69, 9.17) is 11.6 Å². The van der Waals surface area contributed by atoms with Gasteiger partial charge >= 0.3 is 0 Å². The molecule has 0 bridgehead atoms. The van der Waals surface area contributed by atoms with Crippen LogP contribution in [0.2, 0.25) is 5.02 Å². The van der Waals surface area contributed by atoms with Crippen LogP contribution in [-0.4, -0.2) is 8.42 Å². The first kappa shape index (κ1) is 14.0. The maximum absolute atomic E-state index is 13.0. The lowest BCUT2D eigenvalue weighted by atomic mass is 10.2. The zero-order chi connectivity index (χ0) is 14.0. The first-order valence-corrected chi connectivity index (χ1v) is 7.34. The molecular formula is C13H9ClF2O2S. The molecule has 0 unspecified atom stereocenters. The van der Waals surface area contributed by atoms with E-state index in [1.165, 1.54) is 18.2 Å². The largest absolute Gasteiger partial charge is 0.223 e. The molecule has 6 heteroatoms. The Hall–Kier alpha value is -1.46. The van der Waals surface area contributed by atoms with Gasteiger partial charge in [-0.3, -0.25) is 0 Å². The van der Waals surface area contributed by atoms with Gasteiger partial charge in [0, 0.05) is 0 Å². The number of rotatable bonds is 3. The van der Waals surface area contributed by atoms with Crippen LogP contribution in [0.1, 0.15) is 5.56 Å². The van der Waals surface area contributed by atoms with Crippen LogP contribution in [-0.2, 0) is 15.6 Å². The molecule has 2 rings (SSSR count). The van der Waals surface area contributed by atoms with E-state index in [1.807, 2.05) is 0 Å². The minimum Gasteiger partial charge on any atom is -0.223 e. The zero-order valence-electron chi connectivity index (χ0n) is 9.61. The predicted molar refractivity (Wildman–Crippen MR) is 68.7 cm³/mol. The van der Waals surface area contributed by atoms with Gasteiger partial charge in [0.05, 0.1) is 15.7 Å². The van der Waals surface area contributed by atoms with Crippen molar-refractivity contribution in [1.29, 1.82) is 0 Å². The minimum absolute atomic E-state index is 0.0943. The summed E-state index contributed by atoms with van der Waals surface area (Å²) >= 11 is 5.55. The Morgan fingerprint density at radius 1 is 1.05 bits per heavy atom. The molecular weight excluding hydrogens is 294 g/mol. The fourth-order valence-corrected chi connectivity index (χ4v) is 3.20. The molecule has 0 aliphatic heterocycles.